The summed E-state index contributed by atoms with van der Waals surface area (Å²) in [4.78, 5) is 28.7. The molecule has 0 fully saturated rings. The lowest BCUT2D eigenvalue weighted by molar-refractivity contribution is 0.0469. The number of carbonyl (C=O) groups excluding carboxylic acids is 1. The van der Waals surface area contributed by atoms with Crippen LogP contribution in [-0.2, 0) is 17.9 Å². The lowest BCUT2D eigenvalue weighted by atomic mass is 10.1. The summed E-state index contributed by atoms with van der Waals surface area (Å²) in [6, 6.07) is 11.1. The van der Waals surface area contributed by atoms with Gasteiger partial charge in [0.15, 0.2) is 0 Å². The molecule has 2 heterocycles. The predicted octanol–water partition coefficient (Wildman–Crippen LogP) is 3.02. The summed E-state index contributed by atoms with van der Waals surface area (Å²) in [6.45, 7) is 2.48. The van der Waals surface area contributed by atoms with Crippen molar-refractivity contribution in [3.05, 3.63) is 86.2 Å². The first-order valence-corrected chi connectivity index (χ1v) is 8.32. The minimum Gasteiger partial charge on any atom is -0.455 e. The van der Waals surface area contributed by atoms with Gasteiger partial charge in [0, 0.05) is 17.8 Å². The molecule has 0 aliphatic heterocycles. The number of rotatable bonds is 5. The van der Waals surface area contributed by atoms with Gasteiger partial charge in [-0.05, 0) is 24.6 Å². The fourth-order valence-electron chi connectivity index (χ4n) is 2.35. The van der Waals surface area contributed by atoms with Gasteiger partial charge in [-0.15, -0.1) is 11.3 Å². The van der Waals surface area contributed by atoms with E-state index in [1.807, 2.05) is 31.2 Å². The number of thiazole rings is 1. The van der Waals surface area contributed by atoms with Crippen molar-refractivity contribution in [2.45, 2.75) is 20.1 Å². The van der Waals surface area contributed by atoms with E-state index in [9.17, 15) is 9.59 Å². The van der Waals surface area contributed by atoms with E-state index in [0.29, 0.717) is 11.6 Å². The van der Waals surface area contributed by atoms with E-state index in [1.54, 1.807) is 23.8 Å². The van der Waals surface area contributed by atoms with Gasteiger partial charge in [-0.1, -0.05) is 29.8 Å². The van der Waals surface area contributed by atoms with Crippen LogP contribution in [0.4, 0.5) is 0 Å². The molecule has 0 aliphatic carbocycles. The second-order valence-corrected chi connectivity index (χ2v) is 6.33. The van der Waals surface area contributed by atoms with Crippen LogP contribution in [0.2, 0.25) is 0 Å². The highest BCUT2D eigenvalue weighted by Gasteiger charge is 2.14. The van der Waals surface area contributed by atoms with Gasteiger partial charge in [-0.3, -0.25) is 4.79 Å². The maximum atomic E-state index is 12.5. The Morgan fingerprint density at radius 1 is 1.29 bits per heavy atom. The van der Waals surface area contributed by atoms with Crippen LogP contribution in [0.5, 0.6) is 0 Å². The van der Waals surface area contributed by atoms with Crippen molar-refractivity contribution in [1.82, 2.24) is 9.55 Å². The molecular weight excluding hydrogens is 324 g/mol. The summed E-state index contributed by atoms with van der Waals surface area (Å²) >= 11 is 1.40. The van der Waals surface area contributed by atoms with Gasteiger partial charge in [-0.25, -0.2) is 9.78 Å². The zero-order valence-electron chi connectivity index (χ0n) is 13.1. The number of esters is 1. The van der Waals surface area contributed by atoms with E-state index < -0.39 is 5.97 Å². The number of ether oxygens (including phenoxy) is 1. The first-order valence-electron chi connectivity index (χ1n) is 7.44. The molecule has 0 saturated carbocycles. The van der Waals surface area contributed by atoms with Crippen molar-refractivity contribution >= 4 is 17.3 Å². The Morgan fingerprint density at radius 3 is 2.92 bits per heavy atom. The lowest BCUT2D eigenvalue weighted by Crippen LogP contribution is -2.27. The average molecular weight is 340 g/mol. The molecule has 1 aromatic carbocycles. The van der Waals surface area contributed by atoms with Crippen molar-refractivity contribution in [2.75, 3.05) is 0 Å². The molecule has 122 valence electrons. The van der Waals surface area contributed by atoms with Crippen LogP contribution >= 0.6 is 11.3 Å². The molecule has 2 aromatic heterocycles. The first-order chi connectivity index (χ1) is 11.6. The van der Waals surface area contributed by atoms with Gasteiger partial charge in [0.05, 0.1) is 6.54 Å². The van der Waals surface area contributed by atoms with Gasteiger partial charge in [0.25, 0.3) is 5.56 Å². The monoisotopic (exact) mass is 340 g/mol. The number of aromatic nitrogens is 2. The van der Waals surface area contributed by atoms with Crippen LogP contribution < -0.4 is 5.56 Å². The Labute approximate surface area is 143 Å². The molecule has 3 aromatic rings. The summed E-state index contributed by atoms with van der Waals surface area (Å²) in [5.41, 5.74) is 1.80. The molecule has 0 saturated heterocycles. The normalized spacial score (nSPS) is 10.5. The van der Waals surface area contributed by atoms with Gasteiger partial charge >= 0.3 is 5.97 Å². The third-order valence-electron chi connectivity index (χ3n) is 3.49. The number of nitrogens with zero attached hydrogens (tertiary/aromatic N) is 2. The van der Waals surface area contributed by atoms with Crippen LogP contribution in [-0.4, -0.2) is 15.5 Å². The zero-order valence-corrected chi connectivity index (χ0v) is 14.0. The summed E-state index contributed by atoms with van der Waals surface area (Å²) in [7, 11) is 0. The van der Waals surface area contributed by atoms with E-state index in [4.69, 9.17) is 4.74 Å². The SMILES string of the molecule is Cc1cccc(Cn2cccc(C(=O)OCc3nccs3)c2=O)c1. The highest BCUT2D eigenvalue weighted by atomic mass is 32.1. The fourth-order valence-corrected chi connectivity index (χ4v) is 2.88. The summed E-state index contributed by atoms with van der Waals surface area (Å²) in [5, 5.41) is 2.50. The predicted molar refractivity (Wildman–Crippen MR) is 92.2 cm³/mol. The largest absolute Gasteiger partial charge is 0.455 e. The van der Waals surface area contributed by atoms with E-state index in [-0.39, 0.29) is 17.7 Å². The summed E-state index contributed by atoms with van der Waals surface area (Å²) in [5.74, 6) is -0.631. The Bertz CT molecular complexity index is 901. The van der Waals surface area contributed by atoms with E-state index in [2.05, 4.69) is 4.98 Å². The number of hydrogen-bond acceptors (Lipinski definition) is 5. The van der Waals surface area contributed by atoms with Gasteiger partial charge in [0.1, 0.15) is 17.2 Å². The number of aryl methyl sites for hydroxylation is 1. The number of pyridine rings is 1. The number of carbonyl (C=O) groups is 1. The van der Waals surface area contributed by atoms with Crippen molar-refractivity contribution in [3.63, 3.8) is 0 Å². The Morgan fingerprint density at radius 2 is 2.17 bits per heavy atom. The Kier molecular flexibility index (Phi) is 4.86. The molecular formula is C18H16N2O3S. The van der Waals surface area contributed by atoms with Crippen molar-refractivity contribution in [3.8, 4) is 0 Å². The van der Waals surface area contributed by atoms with Crippen molar-refractivity contribution in [1.29, 1.82) is 0 Å². The van der Waals surface area contributed by atoms with Crippen molar-refractivity contribution < 1.29 is 9.53 Å². The minimum atomic E-state index is -0.631. The van der Waals surface area contributed by atoms with Crippen LogP contribution in [0, 0.1) is 6.92 Å². The number of hydrogen-bond donors (Lipinski definition) is 0. The third kappa shape index (κ3) is 3.78. The maximum Gasteiger partial charge on any atom is 0.344 e. The minimum absolute atomic E-state index is 0.0294. The van der Waals surface area contributed by atoms with Crippen LogP contribution in [0.3, 0.4) is 0 Å². The molecule has 0 N–H and O–H groups in total. The van der Waals surface area contributed by atoms with E-state index in [1.165, 1.54) is 22.0 Å². The Hall–Kier alpha value is -2.73. The highest BCUT2D eigenvalue weighted by Crippen LogP contribution is 2.08. The van der Waals surface area contributed by atoms with Crippen LogP contribution in [0.25, 0.3) is 0 Å². The fraction of sp³-hybridized carbons (Fsp3) is 0.167. The second kappa shape index (κ2) is 7.23. The van der Waals surface area contributed by atoms with Gasteiger partial charge < -0.3 is 9.30 Å². The number of benzene rings is 1. The second-order valence-electron chi connectivity index (χ2n) is 5.35. The summed E-state index contributed by atoms with van der Waals surface area (Å²) in [6.07, 6.45) is 3.31. The smallest absolute Gasteiger partial charge is 0.344 e. The zero-order chi connectivity index (χ0) is 16.9. The van der Waals surface area contributed by atoms with Crippen LogP contribution in [0.1, 0.15) is 26.5 Å². The van der Waals surface area contributed by atoms with Gasteiger partial charge in [-0.2, -0.15) is 0 Å². The molecule has 3 rings (SSSR count). The Balaban J connectivity index is 1.77. The van der Waals surface area contributed by atoms with Crippen molar-refractivity contribution in [2.24, 2.45) is 0 Å². The third-order valence-corrected chi connectivity index (χ3v) is 4.24. The molecule has 24 heavy (non-hydrogen) atoms. The van der Waals surface area contributed by atoms with Crippen LogP contribution in [0.15, 0.2) is 59.0 Å². The topological polar surface area (TPSA) is 61.2 Å². The summed E-state index contributed by atoms with van der Waals surface area (Å²) < 4.78 is 6.68. The van der Waals surface area contributed by atoms with E-state index in [0.717, 1.165) is 11.1 Å². The molecule has 0 aliphatic rings. The van der Waals surface area contributed by atoms with Gasteiger partial charge in [0.2, 0.25) is 0 Å². The van der Waals surface area contributed by atoms with E-state index >= 15 is 0 Å². The highest BCUT2D eigenvalue weighted by molar-refractivity contribution is 7.09. The quantitative estimate of drug-likeness (QED) is 0.670. The molecule has 5 nitrogen and oxygen atoms in total. The average Bonchev–Trinajstić information content (AvgIpc) is 3.08. The molecule has 0 atom stereocenters. The molecule has 0 bridgehead atoms. The first kappa shape index (κ1) is 16.1. The molecule has 0 unspecified atom stereocenters. The standard InChI is InChI=1S/C18H16N2O3S/c1-13-4-2-5-14(10-13)11-20-8-3-6-15(17(20)21)18(22)23-12-16-19-7-9-24-16/h2-10H,11-12H2,1H3. The molecule has 6 heteroatoms. The maximum absolute atomic E-state index is 12.5. The lowest BCUT2D eigenvalue weighted by Gasteiger charge is -2.08. The molecule has 0 amide bonds. The molecule has 0 spiro atoms. The molecule has 0 radical (unpaired) electrons.